The Morgan fingerprint density at radius 2 is 1.86 bits per heavy atom. The Morgan fingerprint density at radius 1 is 1.21 bits per heavy atom. The largest absolute Gasteiger partial charge is 0.462 e. The van der Waals surface area contributed by atoms with Gasteiger partial charge in [-0.1, -0.05) is 0 Å². The third-order valence-corrected chi connectivity index (χ3v) is 6.13. The van der Waals surface area contributed by atoms with Crippen molar-refractivity contribution in [1.82, 2.24) is 5.32 Å². The molecular formula is C21H25FN2O3S. The highest BCUT2D eigenvalue weighted by molar-refractivity contribution is 7.17. The minimum atomic E-state index is -0.442. The van der Waals surface area contributed by atoms with E-state index in [0.717, 1.165) is 10.4 Å². The van der Waals surface area contributed by atoms with Crippen LogP contribution in [0.2, 0.25) is 0 Å². The van der Waals surface area contributed by atoms with Crippen molar-refractivity contribution in [1.29, 1.82) is 0 Å². The van der Waals surface area contributed by atoms with Gasteiger partial charge in [0.25, 0.3) is 5.91 Å². The Balaban J connectivity index is 2.06. The summed E-state index contributed by atoms with van der Waals surface area (Å²) in [5, 5.41) is 6.89. The molecule has 0 unspecified atom stereocenters. The predicted octanol–water partition coefficient (Wildman–Crippen LogP) is 4.48. The molecule has 1 aromatic carbocycles. The number of rotatable bonds is 4. The molecule has 0 radical (unpaired) electrons. The fraction of sp³-hybridized carbons (Fsp3) is 0.429. The monoisotopic (exact) mass is 404 g/mol. The molecule has 0 spiro atoms. The van der Waals surface area contributed by atoms with Gasteiger partial charge in [-0.3, -0.25) is 4.79 Å². The quantitative estimate of drug-likeness (QED) is 0.738. The molecule has 5 nitrogen and oxygen atoms in total. The first-order valence-corrected chi connectivity index (χ1v) is 10.1. The van der Waals surface area contributed by atoms with Gasteiger partial charge in [-0.15, -0.1) is 11.3 Å². The Bertz CT molecular complexity index is 916. The second-order valence-electron chi connectivity index (χ2n) is 8.11. The second kappa shape index (κ2) is 7.29. The van der Waals surface area contributed by atoms with Crippen molar-refractivity contribution < 1.29 is 18.7 Å². The van der Waals surface area contributed by atoms with E-state index in [9.17, 15) is 14.0 Å². The highest BCUT2D eigenvalue weighted by atomic mass is 32.1. The first kappa shape index (κ1) is 20.5. The fourth-order valence-corrected chi connectivity index (χ4v) is 5.07. The van der Waals surface area contributed by atoms with Crippen LogP contribution in [-0.2, 0) is 16.7 Å². The summed E-state index contributed by atoms with van der Waals surface area (Å²) in [5.41, 5.74) is 1.07. The average molecular weight is 405 g/mol. The molecule has 3 rings (SSSR count). The van der Waals surface area contributed by atoms with Crippen LogP contribution < -0.4 is 10.6 Å². The van der Waals surface area contributed by atoms with Crippen molar-refractivity contribution in [2.24, 2.45) is 0 Å². The third-order valence-electron chi connectivity index (χ3n) is 4.66. The summed E-state index contributed by atoms with van der Waals surface area (Å²) < 4.78 is 18.4. The minimum absolute atomic E-state index is 0.211. The number of halogens is 1. The van der Waals surface area contributed by atoms with Crippen molar-refractivity contribution in [3.8, 4) is 0 Å². The first-order valence-electron chi connectivity index (χ1n) is 9.23. The smallest absolute Gasteiger partial charge is 0.341 e. The standard InChI is InChI=1S/C21H25FN2O3S/c1-6-27-19(26)15-14-11-20(2,3)24-21(4,5)16(14)28-18(15)23-17(25)12-7-9-13(22)10-8-12/h7-10,24H,6,11H2,1-5H3,(H,23,25). The SMILES string of the molecule is CCOC(=O)c1c(NC(=O)c2ccc(F)cc2)sc2c1CC(C)(C)NC2(C)C. The van der Waals surface area contributed by atoms with Crippen molar-refractivity contribution in [3.05, 3.63) is 51.7 Å². The van der Waals surface area contributed by atoms with Crippen LogP contribution in [-0.4, -0.2) is 24.0 Å². The zero-order valence-corrected chi connectivity index (χ0v) is 17.6. The highest BCUT2D eigenvalue weighted by Crippen LogP contribution is 2.45. The molecule has 150 valence electrons. The van der Waals surface area contributed by atoms with E-state index in [-0.39, 0.29) is 17.7 Å². The number of anilines is 1. The lowest BCUT2D eigenvalue weighted by Gasteiger charge is -2.42. The molecule has 7 heteroatoms. The van der Waals surface area contributed by atoms with Gasteiger partial charge in [0, 0.05) is 21.5 Å². The fourth-order valence-electron chi connectivity index (χ4n) is 3.81. The van der Waals surface area contributed by atoms with Gasteiger partial charge in [0.05, 0.1) is 12.2 Å². The van der Waals surface area contributed by atoms with E-state index in [0.29, 0.717) is 22.5 Å². The maximum atomic E-state index is 13.1. The number of fused-ring (bicyclic) bond motifs is 1. The lowest BCUT2D eigenvalue weighted by Crippen LogP contribution is -2.55. The van der Waals surface area contributed by atoms with Gasteiger partial charge in [-0.25, -0.2) is 9.18 Å². The van der Waals surface area contributed by atoms with E-state index >= 15 is 0 Å². The van der Waals surface area contributed by atoms with E-state index in [1.807, 2.05) is 0 Å². The Morgan fingerprint density at radius 3 is 2.46 bits per heavy atom. The summed E-state index contributed by atoms with van der Waals surface area (Å²) in [5.74, 6) is -1.25. The van der Waals surface area contributed by atoms with E-state index in [1.54, 1.807) is 6.92 Å². The summed E-state index contributed by atoms with van der Waals surface area (Å²) in [7, 11) is 0. The van der Waals surface area contributed by atoms with E-state index in [1.165, 1.54) is 35.6 Å². The van der Waals surface area contributed by atoms with Crippen LogP contribution in [0.5, 0.6) is 0 Å². The number of hydrogen-bond acceptors (Lipinski definition) is 5. The molecule has 0 aliphatic carbocycles. The Labute approximate surface area is 168 Å². The van der Waals surface area contributed by atoms with Crippen LogP contribution >= 0.6 is 11.3 Å². The van der Waals surface area contributed by atoms with Gasteiger partial charge in [0.15, 0.2) is 0 Å². The zero-order valence-electron chi connectivity index (χ0n) is 16.7. The summed E-state index contributed by atoms with van der Waals surface area (Å²) in [4.78, 5) is 26.4. The van der Waals surface area contributed by atoms with Crippen LogP contribution in [0, 0.1) is 5.82 Å². The van der Waals surface area contributed by atoms with Crippen molar-refractivity contribution in [3.63, 3.8) is 0 Å². The summed E-state index contributed by atoms with van der Waals surface area (Å²) in [6.07, 6.45) is 0.642. The molecule has 1 aliphatic heterocycles. The lowest BCUT2D eigenvalue weighted by atomic mass is 9.81. The number of hydrogen-bond donors (Lipinski definition) is 2. The zero-order chi connectivity index (χ0) is 20.7. The highest BCUT2D eigenvalue weighted by Gasteiger charge is 2.42. The normalized spacial score (nSPS) is 16.9. The summed E-state index contributed by atoms with van der Waals surface area (Å²) in [6.45, 7) is 10.3. The number of carbonyl (C=O) groups excluding carboxylic acids is 2. The van der Waals surface area contributed by atoms with Gasteiger partial charge < -0.3 is 15.4 Å². The first-order chi connectivity index (χ1) is 13.0. The number of benzene rings is 1. The Kier molecular flexibility index (Phi) is 5.34. The van der Waals surface area contributed by atoms with Crippen LogP contribution in [0.15, 0.2) is 24.3 Å². The molecule has 28 heavy (non-hydrogen) atoms. The van der Waals surface area contributed by atoms with Crippen LogP contribution in [0.3, 0.4) is 0 Å². The molecule has 0 saturated heterocycles. The van der Waals surface area contributed by atoms with Crippen molar-refractivity contribution in [2.45, 2.75) is 52.1 Å². The van der Waals surface area contributed by atoms with Gasteiger partial charge in [0.1, 0.15) is 10.8 Å². The van der Waals surface area contributed by atoms with Crippen molar-refractivity contribution in [2.75, 3.05) is 11.9 Å². The van der Waals surface area contributed by atoms with Crippen LogP contribution in [0.4, 0.5) is 9.39 Å². The average Bonchev–Trinajstić information content (AvgIpc) is 2.92. The molecule has 1 amide bonds. The number of ether oxygens (including phenoxy) is 1. The molecule has 0 bridgehead atoms. The Hall–Kier alpha value is -2.25. The maximum absolute atomic E-state index is 13.1. The van der Waals surface area contributed by atoms with Gasteiger partial charge in [-0.05, 0) is 70.9 Å². The summed E-state index contributed by atoms with van der Waals surface area (Å²) >= 11 is 1.38. The van der Waals surface area contributed by atoms with E-state index in [4.69, 9.17) is 4.74 Å². The second-order valence-corrected chi connectivity index (χ2v) is 9.13. The molecule has 0 atom stereocenters. The molecule has 0 fully saturated rings. The van der Waals surface area contributed by atoms with Gasteiger partial charge in [-0.2, -0.15) is 0 Å². The van der Waals surface area contributed by atoms with E-state index in [2.05, 4.69) is 38.3 Å². The third kappa shape index (κ3) is 3.95. The van der Waals surface area contributed by atoms with Crippen LogP contribution in [0.1, 0.15) is 65.8 Å². The molecule has 2 aromatic rings. The molecule has 2 N–H and O–H groups in total. The molecule has 2 heterocycles. The molecular weight excluding hydrogens is 379 g/mol. The van der Waals surface area contributed by atoms with Crippen LogP contribution in [0.25, 0.3) is 0 Å². The van der Waals surface area contributed by atoms with E-state index < -0.39 is 17.7 Å². The molecule has 0 saturated carbocycles. The van der Waals surface area contributed by atoms with Gasteiger partial charge >= 0.3 is 5.97 Å². The predicted molar refractivity (Wildman–Crippen MR) is 109 cm³/mol. The molecule has 1 aliphatic rings. The number of carbonyl (C=O) groups is 2. The lowest BCUT2D eigenvalue weighted by molar-refractivity contribution is 0.0526. The number of esters is 1. The number of amides is 1. The minimum Gasteiger partial charge on any atom is -0.462 e. The summed E-state index contributed by atoms with van der Waals surface area (Å²) in [6, 6.07) is 5.29. The maximum Gasteiger partial charge on any atom is 0.341 e. The number of thiophene rings is 1. The van der Waals surface area contributed by atoms with Crippen molar-refractivity contribution >= 4 is 28.2 Å². The molecule has 1 aromatic heterocycles. The van der Waals surface area contributed by atoms with Gasteiger partial charge in [0.2, 0.25) is 0 Å². The topological polar surface area (TPSA) is 67.4 Å². The number of nitrogens with one attached hydrogen (secondary N) is 2.